The van der Waals surface area contributed by atoms with Crippen LogP contribution in [0.4, 0.5) is 15.9 Å². The van der Waals surface area contributed by atoms with Gasteiger partial charge in [0.25, 0.3) is 0 Å². The van der Waals surface area contributed by atoms with Gasteiger partial charge in [-0.1, -0.05) is 35.8 Å². The molecule has 2 heterocycles. The first-order chi connectivity index (χ1) is 14.0. The Hall–Kier alpha value is -2.70. The van der Waals surface area contributed by atoms with Crippen LogP contribution in [0.2, 0.25) is 10.0 Å². The Bertz CT molecular complexity index is 1120. The third-order valence-electron chi connectivity index (χ3n) is 5.09. The standard InChI is InChI=1S/C21H17Cl2FN4O/c1-2-18(29)28-8-7-13(10-28)12-3-5-16-14(9-12)21(26-11-25-16)27-17-6-4-15(22)19(23)20(17)24/h2-6,9,11,13H,1,7-8,10H2,(H,25,26,27)/t13-/m0/s1. The Labute approximate surface area is 177 Å². The molecule has 8 heteroatoms. The van der Waals surface area contributed by atoms with Gasteiger partial charge in [0.2, 0.25) is 5.91 Å². The molecule has 1 aliphatic rings. The number of amides is 1. The fourth-order valence-corrected chi connectivity index (χ4v) is 3.85. The average molecular weight is 431 g/mol. The monoisotopic (exact) mass is 430 g/mol. The molecule has 0 spiro atoms. The van der Waals surface area contributed by atoms with Gasteiger partial charge in [-0.2, -0.15) is 0 Å². The first-order valence-electron chi connectivity index (χ1n) is 9.04. The summed E-state index contributed by atoms with van der Waals surface area (Å²) in [4.78, 5) is 22.2. The Morgan fingerprint density at radius 1 is 1.28 bits per heavy atom. The summed E-state index contributed by atoms with van der Waals surface area (Å²) in [6.45, 7) is 4.88. The summed E-state index contributed by atoms with van der Waals surface area (Å²) in [5, 5.41) is 3.74. The van der Waals surface area contributed by atoms with Gasteiger partial charge in [-0.15, -0.1) is 0 Å². The Balaban J connectivity index is 1.68. The van der Waals surface area contributed by atoms with Crippen LogP contribution in [0.25, 0.3) is 10.9 Å². The summed E-state index contributed by atoms with van der Waals surface area (Å²) in [5.74, 6) is -0.0326. The van der Waals surface area contributed by atoms with Gasteiger partial charge in [-0.3, -0.25) is 4.79 Å². The maximum absolute atomic E-state index is 14.5. The van der Waals surface area contributed by atoms with E-state index >= 15 is 0 Å². The number of aromatic nitrogens is 2. The number of carbonyl (C=O) groups is 1. The first kappa shape index (κ1) is 19.6. The minimum Gasteiger partial charge on any atom is -0.339 e. The van der Waals surface area contributed by atoms with Gasteiger partial charge < -0.3 is 10.2 Å². The maximum atomic E-state index is 14.5. The molecule has 1 atom stereocenters. The highest BCUT2D eigenvalue weighted by molar-refractivity contribution is 6.42. The lowest BCUT2D eigenvalue weighted by molar-refractivity contribution is -0.125. The third-order valence-corrected chi connectivity index (χ3v) is 5.87. The lowest BCUT2D eigenvalue weighted by Gasteiger charge is -2.15. The fraction of sp³-hybridized carbons (Fsp3) is 0.190. The summed E-state index contributed by atoms with van der Waals surface area (Å²) >= 11 is 11.8. The van der Waals surface area contributed by atoms with Crippen LogP contribution in [0.3, 0.4) is 0 Å². The molecule has 1 amide bonds. The zero-order valence-corrected chi connectivity index (χ0v) is 16.8. The maximum Gasteiger partial charge on any atom is 0.245 e. The molecular formula is C21H17Cl2FN4O. The van der Waals surface area contributed by atoms with E-state index in [-0.39, 0.29) is 27.6 Å². The molecule has 0 saturated carbocycles. The van der Waals surface area contributed by atoms with Crippen LogP contribution in [0.15, 0.2) is 49.3 Å². The van der Waals surface area contributed by atoms with Gasteiger partial charge in [0.15, 0.2) is 5.82 Å². The van der Waals surface area contributed by atoms with E-state index in [9.17, 15) is 9.18 Å². The SMILES string of the molecule is C=CC(=O)N1CC[C@H](c2ccc3ncnc(Nc4ccc(Cl)c(Cl)c4F)c3c2)C1. The number of anilines is 2. The van der Waals surface area contributed by atoms with Crippen molar-refractivity contribution in [1.29, 1.82) is 0 Å². The molecule has 1 aliphatic heterocycles. The van der Waals surface area contributed by atoms with E-state index in [1.54, 1.807) is 4.90 Å². The predicted octanol–water partition coefficient (Wildman–Crippen LogP) is 5.32. The van der Waals surface area contributed by atoms with E-state index in [4.69, 9.17) is 23.2 Å². The minimum atomic E-state index is -0.642. The molecule has 5 nitrogen and oxygen atoms in total. The lowest BCUT2D eigenvalue weighted by Crippen LogP contribution is -2.26. The zero-order chi connectivity index (χ0) is 20.5. The molecule has 1 fully saturated rings. The van der Waals surface area contributed by atoms with E-state index < -0.39 is 5.82 Å². The molecule has 1 saturated heterocycles. The van der Waals surface area contributed by atoms with Crippen LogP contribution in [-0.4, -0.2) is 33.9 Å². The van der Waals surface area contributed by atoms with Gasteiger partial charge in [0, 0.05) is 24.4 Å². The van der Waals surface area contributed by atoms with Crippen LogP contribution >= 0.6 is 23.2 Å². The topological polar surface area (TPSA) is 58.1 Å². The summed E-state index contributed by atoms with van der Waals surface area (Å²) in [6.07, 6.45) is 3.62. The lowest BCUT2D eigenvalue weighted by atomic mass is 9.97. The van der Waals surface area contributed by atoms with Crippen molar-refractivity contribution in [2.24, 2.45) is 0 Å². The quantitative estimate of drug-likeness (QED) is 0.449. The van der Waals surface area contributed by atoms with E-state index in [1.165, 1.54) is 24.5 Å². The highest BCUT2D eigenvalue weighted by Gasteiger charge is 2.26. The fourth-order valence-electron chi connectivity index (χ4n) is 3.54. The van der Waals surface area contributed by atoms with E-state index in [2.05, 4.69) is 21.9 Å². The predicted molar refractivity (Wildman–Crippen MR) is 113 cm³/mol. The van der Waals surface area contributed by atoms with Crippen LogP contribution in [0.1, 0.15) is 17.9 Å². The first-order valence-corrected chi connectivity index (χ1v) is 9.80. The van der Waals surface area contributed by atoms with Gasteiger partial charge in [-0.05, 0) is 42.3 Å². The second-order valence-corrected chi connectivity index (χ2v) is 7.61. The molecule has 4 rings (SSSR count). The van der Waals surface area contributed by atoms with E-state index in [1.807, 2.05) is 18.2 Å². The number of hydrogen-bond acceptors (Lipinski definition) is 4. The van der Waals surface area contributed by atoms with Crippen molar-refractivity contribution in [1.82, 2.24) is 14.9 Å². The number of fused-ring (bicyclic) bond motifs is 1. The highest BCUT2D eigenvalue weighted by Crippen LogP contribution is 2.34. The summed E-state index contributed by atoms with van der Waals surface area (Å²) in [5.41, 5.74) is 1.97. The number of likely N-dealkylation sites (tertiary alicyclic amines) is 1. The Kier molecular flexibility index (Phi) is 5.39. The van der Waals surface area contributed by atoms with E-state index in [0.29, 0.717) is 18.9 Å². The molecule has 0 bridgehead atoms. The van der Waals surface area contributed by atoms with E-state index in [0.717, 1.165) is 22.9 Å². The van der Waals surface area contributed by atoms with Crippen LogP contribution in [-0.2, 0) is 4.79 Å². The summed E-state index contributed by atoms with van der Waals surface area (Å²) in [6, 6.07) is 8.93. The van der Waals surface area contributed by atoms with Crippen LogP contribution in [0, 0.1) is 5.82 Å². The summed E-state index contributed by atoms with van der Waals surface area (Å²) < 4.78 is 14.5. The summed E-state index contributed by atoms with van der Waals surface area (Å²) in [7, 11) is 0. The molecule has 1 N–H and O–H groups in total. The molecule has 29 heavy (non-hydrogen) atoms. The normalized spacial score (nSPS) is 16.2. The molecular weight excluding hydrogens is 414 g/mol. The number of nitrogens with one attached hydrogen (secondary N) is 1. The molecule has 2 aromatic carbocycles. The number of halogens is 3. The number of carbonyl (C=O) groups excluding carboxylic acids is 1. The van der Waals surface area contributed by atoms with Crippen LogP contribution in [0.5, 0.6) is 0 Å². The van der Waals surface area contributed by atoms with Crippen molar-refractivity contribution in [2.45, 2.75) is 12.3 Å². The van der Waals surface area contributed by atoms with Crippen molar-refractivity contribution < 1.29 is 9.18 Å². The second kappa shape index (κ2) is 7.97. The van der Waals surface area contributed by atoms with Crippen molar-refractivity contribution >= 4 is 51.5 Å². The minimum absolute atomic E-state index is 0.0610. The van der Waals surface area contributed by atoms with Gasteiger partial charge in [0.1, 0.15) is 12.1 Å². The molecule has 148 valence electrons. The largest absolute Gasteiger partial charge is 0.339 e. The molecule has 0 unspecified atom stereocenters. The number of benzene rings is 2. The van der Waals surface area contributed by atoms with Gasteiger partial charge in [-0.25, -0.2) is 14.4 Å². The Morgan fingerprint density at radius 2 is 2.10 bits per heavy atom. The average Bonchev–Trinajstić information content (AvgIpc) is 3.24. The van der Waals surface area contributed by atoms with Crippen molar-refractivity contribution in [3.63, 3.8) is 0 Å². The van der Waals surface area contributed by atoms with Crippen molar-refractivity contribution in [3.05, 3.63) is 70.7 Å². The highest BCUT2D eigenvalue weighted by atomic mass is 35.5. The third kappa shape index (κ3) is 3.78. The molecule has 1 aromatic heterocycles. The number of rotatable bonds is 4. The second-order valence-electron chi connectivity index (χ2n) is 6.82. The van der Waals surface area contributed by atoms with Crippen LogP contribution < -0.4 is 5.32 Å². The number of hydrogen-bond donors (Lipinski definition) is 1. The molecule has 0 aliphatic carbocycles. The smallest absolute Gasteiger partial charge is 0.245 e. The molecule has 3 aromatic rings. The number of nitrogens with zero attached hydrogens (tertiary/aromatic N) is 3. The van der Waals surface area contributed by atoms with Crippen molar-refractivity contribution in [2.75, 3.05) is 18.4 Å². The Morgan fingerprint density at radius 3 is 2.90 bits per heavy atom. The van der Waals surface area contributed by atoms with Gasteiger partial charge in [0.05, 0.1) is 21.2 Å². The van der Waals surface area contributed by atoms with Crippen molar-refractivity contribution in [3.8, 4) is 0 Å². The molecule has 0 radical (unpaired) electrons. The zero-order valence-electron chi connectivity index (χ0n) is 15.3. The van der Waals surface area contributed by atoms with Gasteiger partial charge >= 0.3 is 0 Å².